The van der Waals surface area contributed by atoms with Gasteiger partial charge < -0.3 is 5.32 Å². The fourth-order valence-corrected chi connectivity index (χ4v) is 2.16. The molecule has 1 saturated carbocycles. The molecule has 0 bridgehead atoms. The molecular formula is C8H14N4. The largest absolute Gasteiger partial charge is 0.312 e. The summed E-state index contributed by atoms with van der Waals surface area (Å²) in [4.78, 5) is 0. The van der Waals surface area contributed by atoms with E-state index in [0.717, 1.165) is 31.5 Å². The van der Waals surface area contributed by atoms with Crippen molar-refractivity contribution in [1.29, 1.82) is 5.26 Å². The van der Waals surface area contributed by atoms with E-state index in [-0.39, 0.29) is 0 Å². The lowest BCUT2D eigenvalue weighted by molar-refractivity contribution is 0.300. The van der Waals surface area contributed by atoms with Crippen molar-refractivity contribution in [3.8, 4) is 6.07 Å². The van der Waals surface area contributed by atoms with Crippen molar-refractivity contribution in [2.24, 2.45) is 17.7 Å². The van der Waals surface area contributed by atoms with Gasteiger partial charge in [-0.1, -0.05) is 0 Å². The first kappa shape index (κ1) is 7.99. The molecule has 2 aliphatic rings. The van der Waals surface area contributed by atoms with Gasteiger partial charge in [-0.05, 0) is 11.8 Å². The fourth-order valence-electron chi connectivity index (χ4n) is 2.16. The lowest BCUT2D eigenvalue weighted by Crippen LogP contribution is -2.35. The Balaban J connectivity index is 1.66. The standard InChI is InChI=1S/C8H14N4/c9-2-1-3-11-8-6-4-12(10)5-7(6)8/h6-8,11H,1,3-5,10H2. The van der Waals surface area contributed by atoms with Crippen molar-refractivity contribution in [3.63, 3.8) is 0 Å². The van der Waals surface area contributed by atoms with Crippen LogP contribution in [0.2, 0.25) is 0 Å². The van der Waals surface area contributed by atoms with Crippen LogP contribution in [0.1, 0.15) is 6.42 Å². The predicted molar refractivity (Wildman–Crippen MR) is 44.8 cm³/mol. The topological polar surface area (TPSA) is 65.1 Å². The van der Waals surface area contributed by atoms with Gasteiger partial charge in [-0.25, -0.2) is 5.01 Å². The molecule has 3 N–H and O–H groups in total. The van der Waals surface area contributed by atoms with Crippen molar-refractivity contribution in [2.45, 2.75) is 12.5 Å². The van der Waals surface area contributed by atoms with Gasteiger partial charge in [-0.15, -0.1) is 0 Å². The van der Waals surface area contributed by atoms with Gasteiger partial charge in [-0.2, -0.15) is 5.26 Å². The molecule has 2 atom stereocenters. The van der Waals surface area contributed by atoms with Crippen LogP contribution in [0.15, 0.2) is 0 Å². The molecule has 0 spiro atoms. The molecule has 12 heavy (non-hydrogen) atoms. The average Bonchev–Trinajstić information content (AvgIpc) is 2.53. The summed E-state index contributed by atoms with van der Waals surface area (Å²) >= 11 is 0. The van der Waals surface area contributed by atoms with Crippen LogP contribution >= 0.6 is 0 Å². The van der Waals surface area contributed by atoms with E-state index in [1.165, 1.54) is 0 Å². The van der Waals surface area contributed by atoms with E-state index < -0.39 is 0 Å². The Bertz CT molecular complexity index is 198. The molecule has 1 saturated heterocycles. The number of rotatable bonds is 3. The van der Waals surface area contributed by atoms with Crippen molar-refractivity contribution in [3.05, 3.63) is 0 Å². The molecular weight excluding hydrogens is 152 g/mol. The van der Waals surface area contributed by atoms with Crippen LogP contribution in [0, 0.1) is 23.2 Å². The summed E-state index contributed by atoms with van der Waals surface area (Å²) in [7, 11) is 0. The number of hydrogen-bond donors (Lipinski definition) is 2. The Morgan fingerprint density at radius 1 is 1.50 bits per heavy atom. The van der Waals surface area contributed by atoms with E-state index in [9.17, 15) is 0 Å². The van der Waals surface area contributed by atoms with Gasteiger partial charge >= 0.3 is 0 Å². The van der Waals surface area contributed by atoms with Gasteiger partial charge in [0.2, 0.25) is 0 Å². The number of nitrogens with zero attached hydrogens (tertiary/aromatic N) is 2. The third-order valence-electron chi connectivity index (χ3n) is 2.84. The van der Waals surface area contributed by atoms with E-state index in [4.69, 9.17) is 11.1 Å². The Morgan fingerprint density at radius 2 is 2.17 bits per heavy atom. The highest BCUT2D eigenvalue weighted by atomic mass is 15.4. The number of nitrogens with two attached hydrogens (primary N) is 1. The summed E-state index contributed by atoms with van der Waals surface area (Å²) in [6.07, 6.45) is 0.613. The van der Waals surface area contributed by atoms with Crippen LogP contribution in [0.5, 0.6) is 0 Å². The van der Waals surface area contributed by atoms with Crippen LogP contribution in [-0.2, 0) is 0 Å². The molecule has 0 aromatic carbocycles. The molecule has 0 aromatic heterocycles. The third kappa shape index (κ3) is 1.31. The van der Waals surface area contributed by atoms with E-state index in [0.29, 0.717) is 12.5 Å². The second-order valence-corrected chi connectivity index (χ2v) is 3.67. The highest BCUT2D eigenvalue weighted by molar-refractivity contribution is 5.09. The van der Waals surface area contributed by atoms with Crippen LogP contribution in [0.4, 0.5) is 0 Å². The highest BCUT2D eigenvalue weighted by Gasteiger charge is 2.54. The second-order valence-electron chi connectivity index (χ2n) is 3.67. The minimum atomic E-state index is 0.613. The number of fused-ring (bicyclic) bond motifs is 1. The molecule has 0 radical (unpaired) electrons. The summed E-state index contributed by atoms with van der Waals surface area (Å²) in [5, 5.41) is 13.6. The minimum Gasteiger partial charge on any atom is -0.312 e. The van der Waals surface area contributed by atoms with Crippen molar-refractivity contribution >= 4 is 0 Å². The number of nitriles is 1. The second kappa shape index (κ2) is 3.02. The Morgan fingerprint density at radius 3 is 2.75 bits per heavy atom. The summed E-state index contributed by atoms with van der Waals surface area (Å²) in [6.45, 7) is 2.88. The van der Waals surface area contributed by atoms with E-state index in [1.807, 2.05) is 5.01 Å². The van der Waals surface area contributed by atoms with E-state index >= 15 is 0 Å². The first-order valence-electron chi connectivity index (χ1n) is 4.43. The Kier molecular flexibility index (Phi) is 2.01. The molecule has 1 heterocycles. The first-order valence-corrected chi connectivity index (χ1v) is 4.43. The third-order valence-corrected chi connectivity index (χ3v) is 2.84. The molecule has 4 heteroatoms. The van der Waals surface area contributed by atoms with Gasteiger partial charge in [0.05, 0.1) is 6.07 Å². The maximum atomic E-state index is 8.33. The molecule has 2 rings (SSSR count). The number of hydrogen-bond acceptors (Lipinski definition) is 4. The van der Waals surface area contributed by atoms with Crippen molar-refractivity contribution in [1.82, 2.24) is 10.3 Å². The summed E-state index contributed by atoms with van der Waals surface area (Å²) in [5.74, 6) is 7.14. The normalized spacial score (nSPS) is 39.2. The van der Waals surface area contributed by atoms with Gasteiger partial charge in [-0.3, -0.25) is 5.84 Å². The lowest BCUT2D eigenvalue weighted by Gasteiger charge is -2.12. The molecule has 1 aliphatic carbocycles. The first-order chi connectivity index (χ1) is 5.83. The molecule has 0 amide bonds. The minimum absolute atomic E-state index is 0.613. The zero-order chi connectivity index (χ0) is 8.55. The predicted octanol–water partition coefficient (Wildman–Crippen LogP) is -0.706. The summed E-state index contributed by atoms with van der Waals surface area (Å²) in [6, 6.07) is 2.78. The molecule has 2 fully saturated rings. The maximum absolute atomic E-state index is 8.33. The monoisotopic (exact) mass is 166 g/mol. The summed E-state index contributed by atoms with van der Waals surface area (Å²) < 4.78 is 0. The van der Waals surface area contributed by atoms with Crippen LogP contribution < -0.4 is 11.2 Å². The summed E-state index contributed by atoms with van der Waals surface area (Å²) in [5.41, 5.74) is 0. The average molecular weight is 166 g/mol. The quantitative estimate of drug-likeness (QED) is 0.429. The fraction of sp³-hybridized carbons (Fsp3) is 0.875. The highest BCUT2D eigenvalue weighted by Crippen LogP contribution is 2.44. The number of piperidine rings is 1. The van der Waals surface area contributed by atoms with Crippen molar-refractivity contribution in [2.75, 3.05) is 19.6 Å². The van der Waals surface area contributed by atoms with Crippen LogP contribution in [0.25, 0.3) is 0 Å². The van der Waals surface area contributed by atoms with Gasteiger partial charge in [0.15, 0.2) is 0 Å². The molecule has 4 nitrogen and oxygen atoms in total. The van der Waals surface area contributed by atoms with Crippen LogP contribution in [-0.4, -0.2) is 30.7 Å². The van der Waals surface area contributed by atoms with Gasteiger partial charge in [0.25, 0.3) is 0 Å². The van der Waals surface area contributed by atoms with Gasteiger partial charge in [0, 0.05) is 32.1 Å². The van der Waals surface area contributed by atoms with Crippen molar-refractivity contribution < 1.29 is 0 Å². The van der Waals surface area contributed by atoms with Gasteiger partial charge in [0.1, 0.15) is 0 Å². The zero-order valence-corrected chi connectivity index (χ0v) is 7.03. The smallest absolute Gasteiger partial charge is 0.0635 e. The van der Waals surface area contributed by atoms with E-state index in [2.05, 4.69) is 11.4 Å². The Labute approximate surface area is 72.3 Å². The SMILES string of the molecule is N#CCCNC1C2CN(N)CC21. The molecule has 66 valence electrons. The number of hydrazine groups is 1. The molecule has 1 aliphatic heterocycles. The number of nitrogens with one attached hydrogen (secondary N) is 1. The molecule has 2 unspecified atom stereocenters. The van der Waals surface area contributed by atoms with E-state index in [1.54, 1.807) is 0 Å². The lowest BCUT2D eigenvalue weighted by atomic mass is 10.4. The zero-order valence-electron chi connectivity index (χ0n) is 7.03. The Hall–Kier alpha value is -0.630. The maximum Gasteiger partial charge on any atom is 0.0635 e. The molecule has 0 aromatic rings. The van der Waals surface area contributed by atoms with Crippen LogP contribution in [0.3, 0.4) is 0 Å².